The average molecular weight is 177 g/mol. The summed E-state index contributed by atoms with van der Waals surface area (Å²) >= 11 is 0. The van der Waals surface area contributed by atoms with E-state index in [9.17, 15) is 4.39 Å². The summed E-state index contributed by atoms with van der Waals surface area (Å²) in [7, 11) is 0. The third-order valence-electron chi connectivity index (χ3n) is 1.69. The smallest absolute Gasteiger partial charge is 0.141 e. The van der Waals surface area contributed by atoms with Crippen LogP contribution < -0.4 is 0 Å². The van der Waals surface area contributed by atoms with Gasteiger partial charge in [-0.1, -0.05) is 0 Å². The van der Waals surface area contributed by atoms with Crippen molar-refractivity contribution in [3.8, 4) is 0 Å². The van der Waals surface area contributed by atoms with Crippen LogP contribution in [0.2, 0.25) is 0 Å². The summed E-state index contributed by atoms with van der Waals surface area (Å²) in [4.78, 5) is 10.9. The summed E-state index contributed by atoms with van der Waals surface area (Å²) in [5.41, 5.74) is 0.802. The van der Waals surface area contributed by atoms with Crippen LogP contribution in [-0.4, -0.2) is 15.0 Å². The molecule has 4 heteroatoms. The van der Waals surface area contributed by atoms with Gasteiger partial charge in [-0.3, -0.25) is 4.98 Å². The Balaban J connectivity index is 2.15. The summed E-state index contributed by atoms with van der Waals surface area (Å²) < 4.78 is 12.5. The van der Waals surface area contributed by atoms with E-state index in [1.165, 1.54) is 12.3 Å². The highest BCUT2D eigenvalue weighted by atomic mass is 19.1. The van der Waals surface area contributed by atoms with Gasteiger partial charge in [-0.25, -0.2) is 9.37 Å². The van der Waals surface area contributed by atoms with Crippen molar-refractivity contribution in [3.63, 3.8) is 0 Å². The summed E-state index contributed by atoms with van der Waals surface area (Å²) in [6.45, 7) is 0. The maximum atomic E-state index is 12.5. The molecule has 0 atom stereocenters. The zero-order valence-corrected chi connectivity index (χ0v) is 6.87. The van der Waals surface area contributed by atoms with E-state index in [-0.39, 0.29) is 5.82 Å². The lowest BCUT2D eigenvalue weighted by Crippen LogP contribution is -1.93. The van der Waals surface area contributed by atoms with Crippen molar-refractivity contribution in [2.24, 2.45) is 0 Å². The van der Waals surface area contributed by atoms with Crippen molar-refractivity contribution in [2.75, 3.05) is 0 Å². The number of aromatic nitrogens is 3. The molecule has 0 spiro atoms. The number of rotatable bonds is 2. The standard InChI is InChI=1S/C9H8FN3/c10-7-1-2-8(13-6-7)5-9-11-3-4-12-9/h1-4,6H,5H2,(H,11,12). The molecule has 0 aliphatic heterocycles. The normalized spacial score (nSPS) is 10.2. The number of aromatic amines is 1. The number of nitrogens with one attached hydrogen (secondary N) is 1. The average Bonchev–Trinajstić information content (AvgIpc) is 2.62. The van der Waals surface area contributed by atoms with Crippen LogP contribution in [0.1, 0.15) is 11.5 Å². The Morgan fingerprint density at radius 3 is 2.85 bits per heavy atom. The Bertz CT molecular complexity index is 366. The lowest BCUT2D eigenvalue weighted by Gasteiger charge is -1.96. The molecule has 0 saturated carbocycles. The van der Waals surface area contributed by atoms with Crippen LogP contribution in [0.25, 0.3) is 0 Å². The zero-order chi connectivity index (χ0) is 9.10. The van der Waals surface area contributed by atoms with Gasteiger partial charge in [0, 0.05) is 24.5 Å². The predicted molar refractivity (Wildman–Crippen MR) is 45.6 cm³/mol. The van der Waals surface area contributed by atoms with Gasteiger partial charge in [-0.15, -0.1) is 0 Å². The Morgan fingerprint density at radius 2 is 2.23 bits per heavy atom. The lowest BCUT2D eigenvalue weighted by atomic mass is 10.2. The van der Waals surface area contributed by atoms with Crippen molar-refractivity contribution < 1.29 is 4.39 Å². The van der Waals surface area contributed by atoms with Crippen LogP contribution in [0.4, 0.5) is 4.39 Å². The zero-order valence-electron chi connectivity index (χ0n) is 6.87. The number of H-pyrrole nitrogens is 1. The number of hydrogen-bond donors (Lipinski definition) is 1. The third kappa shape index (κ3) is 1.90. The van der Waals surface area contributed by atoms with Gasteiger partial charge in [-0.05, 0) is 12.1 Å². The molecule has 2 aromatic rings. The van der Waals surface area contributed by atoms with E-state index >= 15 is 0 Å². The predicted octanol–water partition coefficient (Wildman–Crippen LogP) is 1.53. The molecular formula is C9H8FN3. The molecule has 0 fully saturated rings. The molecule has 0 aliphatic rings. The number of pyridine rings is 1. The molecule has 0 bridgehead atoms. The molecular weight excluding hydrogens is 169 g/mol. The highest BCUT2D eigenvalue weighted by Crippen LogP contribution is 2.02. The van der Waals surface area contributed by atoms with E-state index in [1.54, 1.807) is 18.5 Å². The summed E-state index contributed by atoms with van der Waals surface area (Å²) in [5.74, 6) is 0.516. The van der Waals surface area contributed by atoms with E-state index in [0.717, 1.165) is 11.5 Å². The topological polar surface area (TPSA) is 41.6 Å². The Kier molecular flexibility index (Phi) is 2.04. The Hall–Kier alpha value is -1.71. The van der Waals surface area contributed by atoms with Crippen LogP contribution in [0.5, 0.6) is 0 Å². The first-order valence-corrected chi connectivity index (χ1v) is 3.93. The van der Waals surface area contributed by atoms with Crippen LogP contribution in [-0.2, 0) is 6.42 Å². The van der Waals surface area contributed by atoms with E-state index in [1.807, 2.05) is 0 Å². The fraction of sp³-hybridized carbons (Fsp3) is 0.111. The maximum Gasteiger partial charge on any atom is 0.141 e. The molecule has 66 valence electrons. The van der Waals surface area contributed by atoms with Gasteiger partial charge in [-0.2, -0.15) is 0 Å². The fourth-order valence-electron chi connectivity index (χ4n) is 1.08. The van der Waals surface area contributed by atoms with Crippen LogP contribution in [0.3, 0.4) is 0 Å². The number of hydrogen-bond acceptors (Lipinski definition) is 2. The van der Waals surface area contributed by atoms with Crippen molar-refractivity contribution in [1.29, 1.82) is 0 Å². The number of nitrogens with zero attached hydrogens (tertiary/aromatic N) is 2. The molecule has 2 heterocycles. The van der Waals surface area contributed by atoms with E-state index in [2.05, 4.69) is 15.0 Å². The second kappa shape index (κ2) is 3.35. The first kappa shape index (κ1) is 7.91. The van der Waals surface area contributed by atoms with E-state index in [0.29, 0.717) is 6.42 Å². The highest BCUT2D eigenvalue weighted by molar-refractivity contribution is 5.10. The second-order valence-electron chi connectivity index (χ2n) is 2.68. The number of halogens is 1. The number of imidazole rings is 1. The van der Waals surface area contributed by atoms with Crippen molar-refractivity contribution >= 4 is 0 Å². The monoisotopic (exact) mass is 177 g/mol. The minimum absolute atomic E-state index is 0.316. The summed E-state index contributed by atoms with van der Waals surface area (Å²) in [5, 5.41) is 0. The molecule has 0 aliphatic carbocycles. The van der Waals surface area contributed by atoms with Gasteiger partial charge in [0.25, 0.3) is 0 Å². The van der Waals surface area contributed by atoms with Gasteiger partial charge >= 0.3 is 0 Å². The summed E-state index contributed by atoms with van der Waals surface area (Å²) in [6, 6.07) is 3.04. The molecule has 3 nitrogen and oxygen atoms in total. The van der Waals surface area contributed by atoms with Crippen LogP contribution >= 0.6 is 0 Å². The van der Waals surface area contributed by atoms with Gasteiger partial charge < -0.3 is 4.98 Å². The molecule has 0 amide bonds. The quantitative estimate of drug-likeness (QED) is 0.755. The van der Waals surface area contributed by atoms with Gasteiger partial charge in [0.15, 0.2) is 0 Å². The SMILES string of the molecule is Fc1ccc(Cc2ncc[nH]2)nc1. The van der Waals surface area contributed by atoms with E-state index < -0.39 is 0 Å². The highest BCUT2D eigenvalue weighted by Gasteiger charge is 1.98. The fourth-order valence-corrected chi connectivity index (χ4v) is 1.08. The first-order chi connectivity index (χ1) is 6.34. The minimum Gasteiger partial charge on any atom is -0.348 e. The van der Waals surface area contributed by atoms with E-state index in [4.69, 9.17) is 0 Å². The molecule has 2 aromatic heterocycles. The molecule has 0 saturated heterocycles. The largest absolute Gasteiger partial charge is 0.348 e. The molecule has 1 N–H and O–H groups in total. The van der Waals surface area contributed by atoms with Gasteiger partial charge in [0.2, 0.25) is 0 Å². The molecule has 13 heavy (non-hydrogen) atoms. The summed E-state index contributed by atoms with van der Waals surface area (Å²) in [6.07, 6.45) is 5.24. The van der Waals surface area contributed by atoms with Crippen LogP contribution in [0.15, 0.2) is 30.7 Å². The Labute approximate surface area is 74.7 Å². The lowest BCUT2D eigenvalue weighted by molar-refractivity contribution is 0.619. The molecule has 2 rings (SSSR count). The minimum atomic E-state index is -0.316. The third-order valence-corrected chi connectivity index (χ3v) is 1.69. The second-order valence-corrected chi connectivity index (χ2v) is 2.68. The molecule has 0 aromatic carbocycles. The van der Waals surface area contributed by atoms with Crippen molar-refractivity contribution in [2.45, 2.75) is 6.42 Å². The van der Waals surface area contributed by atoms with Crippen molar-refractivity contribution in [1.82, 2.24) is 15.0 Å². The molecule has 0 radical (unpaired) electrons. The first-order valence-electron chi connectivity index (χ1n) is 3.93. The maximum absolute atomic E-state index is 12.5. The van der Waals surface area contributed by atoms with Gasteiger partial charge in [0.05, 0.1) is 6.20 Å². The molecule has 0 unspecified atom stereocenters. The van der Waals surface area contributed by atoms with Crippen molar-refractivity contribution in [3.05, 3.63) is 48.1 Å². The van der Waals surface area contributed by atoms with Gasteiger partial charge in [0.1, 0.15) is 11.6 Å². The van der Waals surface area contributed by atoms with Crippen LogP contribution in [0, 0.1) is 5.82 Å². The Morgan fingerprint density at radius 1 is 1.31 bits per heavy atom.